The number of likely N-dealkylation sites (tertiary alicyclic amines) is 1. The molecule has 0 atom stereocenters. The van der Waals surface area contributed by atoms with E-state index >= 15 is 0 Å². The van der Waals surface area contributed by atoms with Crippen LogP contribution >= 0.6 is 24.0 Å². The fourth-order valence-corrected chi connectivity index (χ4v) is 4.33. The van der Waals surface area contributed by atoms with Gasteiger partial charge in [0.2, 0.25) is 5.91 Å². The molecule has 6 heteroatoms. The number of guanidine groups is 1. The Kier molecular flexibility index (Phi) is 10.8. The van der Waals surface area contributed by atoms with E-state index in [4.69, 9.17) is 4.99 Å². The first kappa shape index (κ1) is 24.0. The summed E-state index contributed by atoms with van der Waals surface area (Å²) in [6.07, 6.45) is 9.93. The smallest absolute Gasteiger partial charge is 0.222 e. The highest BCUT2D eigenvalue weighted by atomic mass is 127. The maximum absolute atomic E-state index is 11.8. The Morgan fingerprint density at radius 2 is 1.97 bits per heavy atom. The molecule has 1 heterocycles. The summed E-state index contributed by atoms with van der Waals surface area (Å²) in [6.45, 7) is 6.21. The van der Waals surface area contributed by atoms with E-state index in [0.717, 1.165) is 44.5 Å². The molecular weight excluding hydrogens is 475 g/mol. The normalized spacial score (nSPS) is 17.5. The van der Waals surface area contributed by atoms with Gasteiger partial charge in [-0.2, -0.15) is 0 Å². The average molecular weight is 512 g/mol. The molecule has 1 aliphatic carbocycles. The molecule has 1 amide bonds. The van der Waals surface area contributed by atoms with Gasteiger partial charge in [0.15, 0.2) is 5.96 Å². The van der Waals surface area contributed by atoms with E-state index in [-0.39, 0.29) is 29.9 Å². The first-order valence-corrected chi connectivity index (χ1v) is 11.1. The van der Waals surface area contributed by atoms with Gasteiger partial charge in [-0.15, -0.1) is 24.0 Å². The molecule has 2 N–H and O–H groups in total. The predicted octanol–water partition coefficient (Wildman–Crippen LogP) is 4.45. The third-order valence-corrected chi connectivity index (χ3v) is 5.86. The predicted molar refractivity (Wildman–Crippen MR) is 131 cm³/mol. The molecule has 1 aromatic rings. The molecule has 162 valence electrons. The number of carbonyl (C=O) groups excluding carboxylic acids is 1. The van der Waals surface area contributed by atoms with E-state index in [2.05, 4.69) is 41.8 Å². The van der Waals surface area contributed by atoms with Crippen molar-refractivity contribution in [1.29, 1.82) is 0 Å². The van der Waals surface area contributed by atoms with Gasteiger partial charge < -0.3 is 15.5 Å². The van der Waals surface area contributed by atoms with Gasteiger partial charge in [0, 0.05) is 32.6 Å². The molecule has 1 aliphatic heterocycles. The van der Waals surface area contributed by atoms with Gasteiger partial charge in [0.25, 0.3) is 0 Å². The largest absolute Gasteiger partial charge is 0.357 e. The topological polar surface area (TPSA) is 56.7 Å². The third kappa shape index (κ3) is 8.15. The van der Waals surface area contributed by atoms with Crippen molar-refractivity contribution in [3.8, 4) is 0 Å². The second-order valence-corrected chi connectivity index (χ2v) is 8.15. The lowest BCUT2D eigenvalue weighted by Gasteiger charge is -2.16. The van der Waals surface area contributed by atoms with E-state index in [9.17, 15) is 4.79 Å². The zero-order valence-electron chi connectivity index (χ0n) is 17.8. The number of nitrogens with one attached hydrogen (secondary N) is 2. The molecule has 1 saturated heterocycles. The first-order chi connectivity index (χ1) is 13.7. The number of hydrogen-bond donors (Lipinski definition) is 2. The van der Waals surface area contributed by atoms with Gasteiger partial charge in [-0.05, 0) is 43.2 Å². The molecule has 1 saturated carbocycles. The fraction of sp³-hybridized carbons (Fsp3) is 0.652. The lowest BCUT2D eigenvalue weighted by molar-refractivity contribution is -0.128. The Labute approximate surface area is 193 Å². The molecule has 2 aliphatic rings. The number of halogens is 1. The van der Waals surface area contributed by atoms with Crippen LogP contribution in [0.25, 0.3) is 0 Å². The molecular formula is C23H37IN4O. The van der Waals surface area contributed by atoms with E-state index in [0.29, 0.717) is 13.0 Å². The molecule has 3 rings (SSSR count). The van der Waals surface area contributed by atoms with Gasteiger partial charge in [-0.1, -0.05) is 49.9 Å². The van der Waals surface area contributed by atoms with Crippen molar-refractivity contribution in [2.75, 3.05) is 19.6 Å². The Balaban J connectivity index is 0.00000300. The molecule has 0 unspecified atom stereocenters. The standard InChI is InChI=1S/C23H36N4O.HI/c1-2-24-23(25-14-6-12-19-8-3-4-9-19)26-17-20-10-5-11-21(16-20)18-27-15-7-13-22(27)28;/h5,10-11,16,19H,2-4,6-9,12-15,17-18H2,1H3,(H2,24,25,26);1H. The molecule has 2 fully saturated rings. The van der Waals surface area contributed by atoms with Crippen molar-refractivity contribution in [3.05, 3.63) is 35.4 Å². The van der Waals surface area contributed by atoms with Crippen LogP contribution in [0.15, 0.2) is 29.3 Å². The van der Waals surface area contributed by atoms with Crippen molar-refractivity contribution in [2.24, 2.45) is 10.9 Å². The fourth-order valence-electron chi connectivity index (χ4n) is 4.33. The summed E-state index contributed by atoms with van der Waals surface area (Å²) in [7, 11) is 0. The van der Waals surface area contributed by atoms with E-state index in [1.54, 1.807) is 0 Å². The highest BCUT2D eigenvalue weighted by Crippen LogP contribution is 2.28. The number of amides is 1. The van der Waals surface area contributed by atoms with Crippen LogP contribution in [-0.2, 0) is 17.9 Å². The van der Waals surface area contributed by atoms with Crippen LogP contribution in [0.1, 0.15) is 69.4 Å². The summed E-state index contributed by atoms with van der Waals surface area (Å²) in [5.41, 5.74) is 2.38. The van der Waals surface area contributed by atoms with Crippen molar-refractivity contribution in [2.45, 2.75) is 71.4 Å². The zero-order chi connectivity index (χ0) is 19.6. The molecule has 0 aromatic heterocycles. The van der Waals surface area contributed by atoms with Crippen LogP contribution in [0.5, 0.6) is 0 Å². The van der Waals surface area contributed by atoms with E-state index in [1.165, 1.54) is 49.7 Å². The maximum atomic E-state index is 11.8. The SMILES string of the molecule is CCNC(=NCc1cccc(CN2CCCC2=O)c1)NCCCC1CCCC1.I. The van der Waals surface area contributed by atoms with E-state index < -0.39 is 0 Å². The number of benzene rings is 1. The second-order valence-electron chi connectivity index (χ2n) is 8.15. The lowest BCUT2D eigenvalue weighted by Crippen LogP contribution is -2.37. The van der Waals surface area contributed by atoms with Gasteiger partial charge in [0.1, 0.15) is 0 Å². The summed E-state index contributed by atoms with van der Waals surface area (Å²) < 4.78 is 0. The summed E-state index contributed by atoms with van der Waals surface area (Å²) in [5, 5.41) is 6.83. The number of hydrogen-bond acceptors (Lipinski definition) is 2. The number of rotatable bonds is 9. The summed E-state index contributed by atoms with van der Waals surface area (Å²) in [5.74, 6) is 2.13. The Morgan fingerprint density at radius 3 is 2.69 bits per heavy atom. The second kappa shape index (κ2) is 13.1. The molecule has 5 nitrogen and oxygen atoms in total. The summed E-state index contributed by atoms with van der Waals surface area (Å²) in [6, 6.07) is 8.47. The van der Waals surface area contributed by atoms with Crippen LogP contribution < -0.4 is 10.6 Å². The molecule has 0 spiro atoms. The quantitative estimate of drug-likeness (QED) is 0.223. The molecule has 1 aromatic carbocycles. The minimum atomic E-state index is 0. The summed E-state index contributed by atoms with van der Waals surface area (Å²) >= 11 is 0. The van der Waals surface area contributed by atoms with Gasteiger partial charge in [0.05, 0.1) is 6.54 Å². The van der Waals surface area contributed by atoms with Crippen LogP contribution in [0.3, 0.4) is 0 Å². The van der Waals surface area contributed by atoms with Gasteiger partial charge >= 0.3 is 0 Å². The van der Waals surface area contributed by atoms with Crippen LogP contribution in [0.4, 0.5) is 0 Å². The van der Waals surface area contributed by atoms with Crippen molar-refractivity contribution in [3.63, 3.8) is 0 Å². The zero-order valence-corrected chi connectivity index (χ0v) is 20.1. The van der Waals surface area contributed by atoms with Crippen molar-refractivity contribution < 1.29 is 4.79 Å². The Bertz CT molecular complexity index is 658. The minimum absolute atomic E-state index is 0. The molecule has 29 heavy (non-hydrogen) atoms. The minimum Gasteiger partial charge on any atom is -0.357 e. The number of nitrogens with zero attached hydrogens (tertiary/aromatic N) is 2. The average Bonchev–Trinajstić information content (AvgIpc) is 3.36. The van der Waals surface area contributed by atoms with E-state index in [1.807, 2.05) is 4.90 Å². The Morgan fingerprint density at radius 1 is 1.17 bits per heavy atom. The first-order valence-electron chi connectivity index (χ1n) is 11.1. The molecule has 0 bridgehead atoms. The number of carbonyl (C=O) groups is 1. The highest BCUT2D eigenvalue weighted by Gasteiger charge is 2.19. The van der Waals surface area contributed by atoms with Crippen LogP contribution in [0.2, 0.25) is 0 Å². The van der Waals surface area contributed by atoms with Crippen LogP contribution in [-0.4, -0.2) is 36.4 Å². The van der Waals surface area contributed by atoms with Crippen molar-refractivity contribution >= 4 is 35.8 Å². The maximum Gasteiger partial charge on any atom is 0.222 e. The lowest BCUT2D eigenvalue weighted by atomic mass is 10.0. The highest BCUT2D eigenvalue weighted by molar-refractivity contribution is 14.0. The monoisotopic (exact) mass is 512 g/mol. The Hall–Kier alpha value is -1.31. The third-order valence-electron chi connectivity index (χ3n) is 5.86. The van der Waals surface area contributed by atoms with Gasteiger partial charge in [-0.25, -0.2) is 4.99 Å². The molecule has 0 radical (unpaired) electrons. The van der Waals surface area contributed by atoms with Gasteiger partial charge in [-0.3, -0.25) is 4.79 Å². The summed E-state index contributed by atoms with van der Waals surface area (Å²) in [4.78, 5) is 18.6. The number of aliphatic imine (C=N–C) groups is 1. The van der Waals surface area contributed by atoms with Crippen molar-refractivity contribution in [1.82, 2.24) is 15.5 Å². The van der Waals surface area contributed by atoms with Crippen LogP contribution in [0, 0.1) is 5.92 Å².